The minimum atomic E-state index is -0.134. The summed E-state index contributed by atoms with van der Waals surface area (Å²) in [5, 5.41) is 14.2. The van der Waals surface area contributed by atoms with Gasteiger partial charge in [-0.2, -0.15) is 0 Å². The molecule has 0 radical (unpaired) electrons. The summed E-state index contributed by atoms with van der Waals surface area (Å²) in [5.41, 5.74) is 0. The number of likely N-dealkylation sites (tertiary alicyclic amines) is 1. The number of amides is 2. The van der Waals surface area contributed by atoms with Crippen molar-refractivity contribution >= 4 is 23.2 Å². The molecule has 22 heavy (non-hydrogen) atoms. The van der Waals surface area contributed by atoms with Gasteiger partial charge in [0.2, 0.25) is 11.8 Å². The monoisotopic (exact) mass is 322 g/mol. The minimum absolute atomic E-state index is 0.0116. The lowest BCUT2D eigenvalue weighted by Crippen LogP contribution is -2.43. The number of piperidine rings is 1. The first-order chi connectivity index (χ1) is 10.7. The van der Waals surface area contributed by atoms with Gasteiger partial charge in [0.25, 0.3) is 0 Å². The molecule has 0 bridgehead atoms. The summed E-state index contributed by atoms with van der Waals surface area (Å²) in [6, 6.07) is 3.78. The van der Waals surface area contributed by atoms with Crippen molar-refractivity contribution in [3.8, 4) is 0 Å². The number of carbonyl (C=O) groups excluding carboxylic acids is 2. The van der Waals surface area contributed by atoms with Crippen molar-refractivity contribution in [3.63, 3.8) is 0 Å². The van der Waals surface area contributed by atoms with Gasteiger partial charge in [-0.3, -0.25) is 9.59 Å². The van der Waals surface area contributed by atoms with Gasteiger partial charge in [-0.1, -0.05) is 12.6 Å². The molecule has 1 atom stereocenters. The fourth-order valence-electron chi connectivity index (χ4n) is 2.68. The van der Waals surface area contributed by atoms with Crippen LogP contribution >= 0.6 is 11.3 Å². The summed E-state index contributed by atoms with van der Waals surface area (Å²) in [5.74, 6) is -0.136. The van der Waals surface area contributed by atoms with E-state index in [2.05, 4.69) is 11.9 Å². The fourth-order valence-corrected chi connectivity index (χ4v) is 3.50. The number of rotatable bonds is 6. The van der Waals surface area contributed by atoms with Gasteiger partial charge in [0, 0.05) is 30.5 Å². The fraction of sp³-hybridized carbons (Fsp3) is 0.500. The smallest absolute Gasteiger partial charge is 0.245 e. The van der Waals surface area contributed by atoms with Gasteiger partial charge >= 0.3 is 0 Å². The van der Waals surface area contributed by atoms with Gasteiger partial charge in [-0.05, 0) is 36.8 Å². The van der Waals surface area contributed by atoms with Crippen molar-refractivity contribution in [2.24, 2.45) is 5.92 Å². The third kappa shape index (κ3) is 4.18. The van der Waals surface area contributed by atoms with Crippen LogP contribution in [-0.4, -0.2) is 41.5 Å². The van der Waals surface area contributed by atoms with E-state index < -0.39 is 0 Å². The number of nitrogens with one attached hydrogen (secondary N) is 1. The van der Waals surface area contributed by atoms with Crippen LogP contribution in [0.1, 0.15) is 30.2 Å². The maximum absolute atomic E-state index is 12.4. The summed E-state index contributed by atoms with van der Waals surface area (Å²) in [6.07, 6.45) is 3.16. The molecule has 2 rings (SSSR count). The molecule has 2 N–H and O–H groups in total. The molecule has 0 saturated carbocycles. The summed E-state index contributed by atoms with van der Waals surface area (Å²) in [7, 11) is 0. The first kappa shape index (κ1) is 16.7. The lowest BCUT2D eigenvalue weighted by atomic mass is 9.95. The Morgan fingerprint density at radius 3 is 2.77 bits per heavy atom. The van der Waals surface area contributed by atoms with Gasteiger partial charge in [-0.15, -0.1) is 11.3 Å². The second-order valence-electron chi connectivity index (χ2n) is 5.39. The van der Waals surface area contributed by atoms with Crippen molar-refractivity contribution in [3.05, 3.63) is 35.0 Å². The Hall–Kier alpha value is -1.66. The third-order valence-corrected chi connectivity index (χ3v) is 4.96. The van der Waals surface area contributed by atoms with Gasteiger partial charge in [0.1, 0.15) is 0 Å². The number of hydrogen-bond donors (Lipinski definition) is 2. The predicted octanol–water partition coefficient (Wildman–Crippen LogP) is 1.71. The summed E-state index contributed by atoms with van der Waals surface area (Å²) < 4.78 is 0. The van der Waals surface area contributed by atoms with E-state index in [9.17, 15) is 14.7 Å². The van der Waals surface area contributed by atoms with Crippen molar-refractivity contribution in [1.29, 1.82) is 0 Å². The van der Waals surface area contributed by atoms with Gasteiger partial charge in [0.15, 0.2) is 0 Å². The molecule has 1 aromatic heterocycles. The van der Waals surface area contributed by atoms with Crippen LogP contribution in [0.15, 0.2) is 30.2 Å². The molecule has 2 amide bonds. The standard InChI is InChI=1S/C16H22N2O3S/c1-2-15(20)18-8-5-12(6-9-18)16(21)17-13(7-10-19)14-4-3-11-22-14/h2-4,11-13,19H,1,5-10H2,(H,17,21). The van der Waals surface area contributed by atoms with E-state index in [1.54, 1.807) is 16.2 Å². The van der Waals surface area contributed by atoms with Crippen molar-refractivity contribution in [2.45, 2.75) is 25.3 Å². The van der Waals surface area contributed by atoms with E-state index in [1.807, 2.05) is 17.5 Å². The van der Waals surface area contributed by atoms with Crippen LogP contribution in [-0.2, 0) is 9.59 Å². The zero-order valence-corrected chi connectivity index (χ0v) is 13.3. The van der Waals surface area contributed by atoms with Crippen LogP contribution in [0.4, 0.5) is 0 Å². The molecule has 6 heteroatoms. The molecule has 0 aliphatic carbocycles. The quantitative estimate of drug-likeness (QED) is 0.784. The van der Waals surface area contributed by atoms with Crippen LogP contribution in [0.5, 0.6) is 0 Å². The van der Waals surface area contributed by atoms with E-state index in [0.29, 0.717) is 32.4 Å². The number of nitrogens with zero attached hydrogens (tertiary/aromatic N) is 1. The molecule has 1 aliphatic rings. The van der Waals surface area contributed by atoms with E-state index in [-0.39, 0.29) is 30.4 Å². The predicted molar refractivity (Wildman–Crippen MR) is 86.4 cm³/mol. The number of aliphatic hydroxyl groups excluding tert-OH is 1. The van der Waals surface area contributed by atoms with Crippen LogP contribution < -0.4 is 5.32 Å². The van der Waals surface area contributed by atoms with Gasteiger partial charge < -0.3 is 15.3 Å². The number of aliphatic hydroxyl groups is 1. The lowest BCUT2D eigenvalue weighted by molar-refractivity contribution is -0.132. The second-order valence-corrected chi connectivity index (χ2v) is 6.37. The first-order valence-corrected chi connectivity index (χ1v) is 8.39. The molecule has 1 aromatic rings. The van der Waals surface area contributed by atoms with Crippen molar-refractivity contribution in [2.75, 3.05) is 19.7 Å². The molecule has 1 fully saturated rings. The third-order valence-electron chi connectivity index (χ3n) is 3.97. The highest BCUT2D eigenvalue weighted by molar-refractivity contribution is 7.10. The largest absolute Gasteiger partial charge is 0.396 e. The molecule has 2 heterocycles. The first-order valence-electron chi connectivity index (χ1n) is 7.51. The second kappa shape index (κ2) is 8.10. The Bertz CT molecular complexity index is 507. The zero-order chi connectivity index (χ0) is 15.9. The van der Waals surface area contributed by atoms with Crippen molar-refractivity contribution < 1.29 is 14.7 Å². The average molecular weight is 322 g/mol. The molecule has 1 saturated heterocycles. The Kier molecular flexibility index (Phi) is 6.15. The lowest BCUT2D eigenvalue weighted by Gasteiger charge is -2.31. The molecule has 1 aliphatic heterocycles. The average Bonchev–Trinajstić information content (AvgIpc) is 3.08. The van der Waals surface area contributed by atoms with Crippen LogP contribution in [0.3, 0.4) is 0 Å². The highest BCUT2D eigenvalue weighted by Gasteiger charge is 2.28. The van der Waals surface area contributed by atoms with Crippen LogP contribution in [0, 0.1) is 5.92 Å². The summed E-state index contributed by atoms with van der Waals surface area (Å²) in [4.78, 5) is 26.7. The maximum Gasteiger partial charge on any atom is 0.245 e. The summed E-state index contributed by atoms with van der Waals surface area (Å²) in [6.45, 7) is 4.70. The molecule has 0 spiro atoms. The molecule has 120 valence electrons. The summed E-state index contributed by atoms with van der Waals surface area (Å²) >= 11 is 1.58. The normalized spacial score (nSPS) is 17.0. The van der Waals surface area contributed by atoms with E-state index in [0.717, 1.165) is 4.88 Å². The van der Waals surface area contributed by atoms with Crippen LogP contribution in [0.2, 0.25) is 0 Å². The van der Waals surface area contributed by atoms with Crippen LogP contribution in [0.25, 0.3) is 0 Å². The number of thiophene rings is 1. The van der Waals surface area contributed by atoms with E-state index in [4.69, 9.17) is 0 Å². The van der Waals surface area contributed by atoms with E-state index >= 15 is 0 Å². The topological polar surface area (TPSA) is 69.6 Å². The minimum Gasteiger partial charge on any atom is -0.396 e. The highest BCUT2D eigenvalue weighted by Crippen LogP contribution is 2.24. The molecule has 1 unspecified atom stereocenters. The Labute approximate surface area is 134 Å². The maximum atomic E-state index is 12.4. The molecular formula is C16H22N2O3S. The van der Waals surface area contributed by atoms with Gasteiger partial charge in [-0.25, -0.2) is 0 Å². The molecule has 5 nitrogen and oxygen atoms in total. The Balaban J connectivity index is 1.89. The Morgan fingerprint density at radius 1 is 1.50 bits per heavy atom. The SMILES string of the molecule is C=CC(=O)N1CCC(C(=O)NC(CCO)c2cccs2)CC1. The zero-order valence-electron chi connectivity index (χ0n) is 12.5. The van der Waals surface area contributed by atoms with E-state index in [1.165, 1.54) is 6.08 Å². The Morgan fingerprint density at radius 2 is 2.23 bits per heavy atom. The molecule has 0 aromatic carbocycles. The van der Waals surface area contributed by atoms with Crippen molar-refractivity contribution in [1.82, 2.24) is 10.2 Å². The number of hydrogen-bond acceptors (Lipinski definition) is 4. The number of carbonyl (C=O) groups is 2. The van der Waals surface area contributed by atoms with Gasteiger partial charge in [0.05, 0.1) is 6.04 Å². The highest BCUT2D eigenvalue weighted by atomic mass is 32.1. The molecular weight excluding hydrogens is 300 g/mol.